The second kappa shape index (κ2) is 8.99. The van der Waals surface area contributed by atoms with Gasteiger partial charge in [0.25, 0.3) is 0 Å². The number of urea groups is 1. The van der Waals surface area contributed by atoms with Crippen molar-refractivity contribution >= 4 is 29.4 Å². The number of hydrogen-bond acceptors (Lipinski definition) is 4. The third-order valence-corrected chi connectivity index (χ3v) is 5.33. The normalized spacial score (nSPS) is 15.8. The average molecular weight is 365 g/mol. The van der Waals surface area contributed by atoms with Crippen LogP contribution in [0, 0.1) is 13.8 Å². The fourth-order valence-electron chi connectivity index (χ4n) is 2.96. The molecule has 1 heterocycles. The minimum absolute atomic E-state index is 0.283. The summed E-state index contributed by atoms with van der Waals surface area (Å²) in [4.78, 5) is 27.6. The van der Waals surface area contributed by atoms with Crippen LogP contribution in [0.15, 0.2) is 18.2 Å². The van der Waals surface area contributed by atoms with Crippen molar-refractivity contribution in [1.82, 2.24) is 10.2 Å². The molecule has 0 saturated carbocycles. The smallest absolute Gasteiger partial charge is 0.326 e. The average Bonchev–Trinajstić information content (AvgIpc) is 2.60. The molecule has 138 valence electrons. The van der Waals surface area contributed by atoms with E-state index in [0.29, 0.717) is 25.3 Å². The highest BCUT2D eigenvalue weighted by atomic mass is 32.2. The number of benzene rings is 1. The number of rotatable bonds is 6. The zero-order valence-corrected chi connectivity index (χ0v) is 15.9. The molecule has 1 fully saturated rings. The Morgan fingerprint density at radius 1 is 1.24 bits per heavy atom. The molecule has 0 spiro atoms. The summed E-state index contributed by atoms with van der Waals surface area (Å²) in [6.07, 6.45) is 2.36. The second-order valence-electron chi connectivity index (χ2n) is 6.31. The van der Waals surface area contributed by atoms with Crippen molar-refractivity contribution in [1.29, 1.82) is 0 Å². The predicted molar refractivity (Wildman–Crippen MR) is 103 cm³/mol. The van der Waals surface area contributed by atoms with Gasteiger partial charge in [-0.05, 0) is 49.5 Å². The van der Waals surface area contributed by atoms with Crippen molar-refractivity contribution in [3.63, 3.8) is 0 Å². The van der Waals surface area contributed by atoms with Crippen LogP contribution in [0.25, 0.3) is 0 Å². The van der Waals surface area contributed by atoms with Crippen LogP contribution in [0.3, 0.4) is 0 Å². The molecule has 0 aliphatic carbocycles. The zero-order valence-electron chi connectivity index (χ0n) is 15.1. The number of carbonyl (C=O) groups is 2. The first kappa shape index (κ1) is 19.4. The minimum atomic E-state index is -0.976. The van der Waals surface area contributed by atoms with Crippen LogP contribution in [-0.2, 0) is 4.79 Å². The third-order valence-electron chi connectivity index (χ3n) is 4.69. The van der Waals surface area contributed by atoms with E-state index in [1.165, 1.54) is 16.8 Å². The van der Waals surface area contributed by atoms with Crippen molar-refractivity contribution in [3.8, 4) is 0 Å². The molecule has 0 bridgehead atoms. The fraction of sp³-hybridized carbons (Fsp3) is 0.556. The Hall–Kier alpha value is -1.89. The van der Waals surface area contributed by atoms with Crippen molar-refractivity contribution in [2.45, 2.75) is 26.3 Å². The van der Waals surface area contributed by atoms with Crippen LogP contribution in [0.4, 0.5) is 10.5 Å². The van der Waals surface area contributed by atoms with Crippen LogP contribution >= 0.6 is 11.8 Å². The molecule has 1 atom stereocenters. The maximum Gasteiger partial charge on any atom is 0.326 e. The number of thioether (sulfide) groups is 1. The number of nitrogens with one attached hydrogen (secondary N) is 1. The molecule has 6 nitrogen and oxygen atoms in total. The lowest BCUT2D eigenvalue weighted by Gasteiger charge is -2.37. The third kappa shape index (κ3) is 5.04. The number of anilines is 1. The topological polar surface area (TPSA) is 72.9 Å². The molecule has 1 saturated heterocycles. The van der Waals surface area contributed by atoms with Gasteiger partial charge in [-0.25, -0.2) is 9.59 Å². The highest BCUT2D eigenvalue weighted by Gasteiger charge is 2.26. The Labute approximate surface area is 153 Å². The molecule has 25 heavy (non-hydrogen) atoms. The molecular formula is C18H27N3O3S. The standard InChI is InChI=1S/C18H27N3O3S/c1-13-5-4-6-16(14(13)2)20-8-10-21(11-9-20)18(24)19-15(17(22)23)7-12-25-3/h4-6,15H,7-12H2,1-3H3,(H,19,24)(H,22,23). The number of carboxylic acid groups (broad SMARTS) is 1. The molecule has 0 aromatic heterocycles. The van der Waals surface area contributed by atoms with E-state index < -0.39 is 12.0 Å². The summed E-state index contributed by atoms with van der Waals surface area (Å²) in [6.45, 7) is 6.90. The largest absolute Gasteiger partial charge is 0.480 e. The van der Waals surface area contributed by atoms with Gasteiger partial charge in [0, 0.05) is 31.9 Å². The highest BCUT2D eigenvalue weighted by molar-refractivity contribution is 7.98. The molecule has 2 rings (SSSR count). The number of carboxylic acids is 1. The molecule has 1 unspecified atom stereocenters. The zero-order chi connectivity index (χ0) is 18.4. The lowest BCUT2D eigenvalue weighted by atomic mass is 10.1. The van der Waals surface area contributed by atoms with Gasteiger partial charge in [-0.3, -0.25) is 0 Å². The van der Waals surface area contributed by atoms with Gasteiger partial charge in [-0.2, -0.15) is 11.8 Å². The molecule has 1 aliphatic heterocycles. The van der Waals surface area contributed by atoms with E-state index in [9.17, 15) is 14.7 Å². The Bertz CT molecular complexity index is 616. The fourth-order valence-corrected chi connectivity index (χ4v) is 3.43. The van der Waals surface area contributed by atoms with Crippen LogP contribution in [-0.4, -0.2) is 66.2 Å². The van der Waals surface area contributed by atoms with E-state index in [0.717, 1.165) is 13.1 Å². The van der Waals surface area contributed by atoms with Crippen LogP contribution in [0.1, 0.15) is 17.5 Å². The lowest BCUT2D eigenvalue weighted by Crippen LogP contribution is -2.54. The van der Waals surface area contributed by atoms with E-state index in [1.807, 2.05) is 6.26 Å². The number of carbonyl (C=O) groups excluding carboxylic acids is 1. The Morgan fingerprint density at radius 2 is 1.92 bits per heavy atom. The summed E-state index contributed by atoms with van der Waals surface area (Å²) < 4.78 is 0. The first-order chi connectivity index (χ1) is 11.9. The number of piperazine rings is 1. The quantitative estimate of drug-likeness (QED) is 0.810. The van der Waals surface area contributed by atoms with Gasteiger partial charge in [0.2, 0.25) is 0 Å². The molecule has 1 aromatic carbocycles. The molecule has 2 N–H and O–H groups in total. The second-order valence-corrected chi connectivity index (χ2v) is 7.30. The first-order valence-electron chi connectivity index (χ1n) is 8.52. The summed E-state index contributed by atoms with van der Waals surface area (Å²) in [7, 11) is 0. The highest BCUT2D eigenvalue weighted by Crippen LogP contribution is 2.23. The Morgan fingerprint density at radius 3 is 2.52 bits per heavy atom. The van der Waals surface area contributed by atoms with Gasteiger partial charge in [0.15, 0.2) is 0 Å². The van der Waals surface area contributed by atoms with E-state index in [1.54, 1.807) is 16.7 Å². The molecule has 7 heteroatoms. The number of aliphatic carboxylic acids is 1. The lowest BCUT2D eigenvalue weighted by molar-refractivity contribution is -0.139. The van der Waals surface area contributed by atoms with E-state index in [-0.39, 0.29) is 6.03 Å². The molecule has 2 amide bonds. The van der Waals surface area contributed by atoms with Gasteiger partial charge in [0.1, 0.15) is 6.04 Å². The molecular weight excluding hydrogens is 338 g/mol. The summed E-state index contributed by atoms with van der Waals surface area (Å²) in [5, 5.41) is 11.9. The van der Waals surface area contributed by atoms with Crippen LogP contribution in [0.5, 0.6) is 0 Å². The maximum atomic E-state index is 12.4. The summed E-state index contributed by atoms with van der Waals surface area (Å²) in [5.74, 6) is -0.270. The van der Waals surface area contributed by atoms with Crippen molar-refractivity contribution in [2.24, 2.45) is 0 Å². The van der Waals surface area contributed by atoms with Gasteiger partial charge >= 0.3 is 12.0 Å². The number of amides is 2. The van der Waals surface area contributed by atoms with Gasteiger partial charge in [0.05, 0.1) is 0 Å². The first-order valence-corrected chi connectivity index (χ1v) is 9.91. The van der Waals surface area contributed by atoms with E-state index in [4.69, 9.17) is 0 Å². The van der Waals surface area contributed by atoms with Crippen molar-refractivity contribution < 1.29 is 14.7 Å². The monoisotopic (exact) mass is 365 g/mol. The van der Waals surface area contributed by atoms with Gasteiger partial charge < -0.3 is 20.2 Å². The van der Waals surface area contributed by atoms with Gasteiger partial charge in [-0.15, -0.1) is 0 Å². The Kier molecular flexibility index (Phi) is 6.99. The predicted octanol–water partition coefficient (Wildman–Crippen LogP) is 2.34. The number of hydrogen-bond donors (Lipinski definition) is 2. The summed E-state index contributed by atoms with van der Waals surface area (Å²) in [5.41, 5.74) is 3.74. The van der Waals surface area contributed by atoms with Gasteiger partial charge in [-0.1, -0.05) is 12.1 Å². The molecule has 1 aromatic rings. The Balaban J connectivity index is 1.91. The number of aryl methyl sites for hydroxylation is 1. The SMILES string of the molecule is CSCCC(NC(=O)N1CCN(c2cccc(C)c2C)CC1)C(=O)O. The summed E-state index contributed by atoms with van der Waals surface area (Å²) >= 11 is 1.58. The maximum absolute atomic E-state index is 12.4. The van der Waals surface area contributed by atoms with Crippen LogP contribution in [0.2, 0.25) is 0 Å². The van der Waals surface area contributed by atoms with Crippen molar-refractivity contribution in [2.75, 3.05) is 43.1 Å². The molecule has 1 aliphatic rings. The van der Waals surface area contributed by atoms with Crippen molar-refractivity contribution in [3.05, 3.63) is 29.3 Å². The molecule has 0 radical (unpaired) electrons. The van der Waals surface area contributed by atoms with E-state index in [2.05, 4.69) is 42.3 Å². The van der Waals surface area contributed by atoms with E-state index >= 15 is 0 Å². The van der Waals surface area contributed by atoms with Crippen LogP contribution < -0.4 is 10.2 Å². The number of nitrogens with zero attached hydrogens (tertiary/aromatic N) is 2. The minimum Gasteiger partial charge on any atom is -0.480 e. The summed E-state index contributed by atoms with van der Waals surface area (Å²) in [6, 6.07) is 5.16.